The molecular formula is C26H24N2O4. The molecule has 6 nitrogen and oxygen atoms in total. The predicted octanol–water partition coefficient (Wildman–Crippen LogP) is 4.36. The smallest absolute Gasteiger partial charge is 0.266 e. The number of nitrogens with zero attached hydrogens (tertiary/aromatic N) is 2. The largest absolute Gasteiger partial charge is 0.497 e. The van der Waals surface area contributed by atoms with Crippen LogP contribution >= 0.6 is 0 Å². The van der Waals surface area contributed by atoms with E-state index in [0.29, 0.717) is 11.4 Å². The Morgan fingerprint density at radius 1 is 0.844 bits per heavy atom. The van der Waals surface area contributed by atoms with Crippen LogP contribution in [0.15, 0.2) is 72.8 Å². The number of ether oxygens (including phenoxy) is 1. The number of aryl methyl sites for hydroxylation is 2. The Morgan fingerprint density at radius 3 is 2.31 bits per heavy atom. The number of hydrogen-bond acceptors (Lipinski definition) is 5. The molecule has 2 heterocycles. The summed E-state index contributed by atoms with van der Waals surface area (Å²) >= 11 is 0. The molecule has 3 atom stereocenters. The lowest BCUT2D eigenvalue weighted by Crippen LogP contribution is -2.37. The number of para-hydroxylation sites is 1. The molecule has 2 saturated heterocycles. The van der Waals surface area contributed by atoms with E-state index in [1.54, 1.807) is 36.4 Å². The monoisotopic (exact) mass is 428 g/mol. The fourth-order valence-corrected chi connectivity index (χ4v) is 4.69. The summed E-state index contributed by atoms with van der Waals surface area (Å²) in [7, 11) is 1.55. The fourth-order valence-electron chi connectivity index (χ4n) is 4.69. The number of benzene rings is 3. The van der Waals surface area contributed by atoms with E-state index in [2.05, 4.69) is 6.07 Å². The van der Waals surface area contributed by atoms with Gasteiger partial charge in [-0.05, 0) is 49.2 Å². The van der Waals surface area contributed by atoms with Crippen LogP contribution < -0.4 is 14.7 Å². The molecule has 2 aliphatic rings. The van der Waals surface area contributed by atoms with Gasteiger partial charge in [-0.2, -0.15) is 0 Å². The summed E-state index contributed by atoms with van der Waals surface area (Å²) in [5.41, 5.74) is 4.46. The van der Waals surface area contributed by atoms with E-state index in [1.165, 1.54) is 4.90 Å². The summed E-state index contributed by atoms with van der Waals surface area (Å²) in [5, 5.41) is 1.73. The van der Waals surface area contributed by atoms with Gasteiger partial charge in [-0.3, -0.25) is 14.4 Å². The average molecular weight is 428 g/mol. The van der Waals surface area contributed by atoms with Gasteiger partial charge < -0.3 is 4.74 Å². The Kier molecular flexibility index (Phi) is 4.94. The lowest BCUT2D eigenvalue weighted by Gasteiger charge is -2.29. The van der Waals surface area contributed by atoms with Crippen LogP contribution in [-0.2, 0) is 14.4 Å². The number of hydroxylamine groups is 1. The molecule has 0 N–H and O–H groups in total. The average Bonchev–Trinajstić information content (AvgIpc) is 3.30. The van der Waals surface area contributed by atoms with E-state index in [9.17, 15) is 9.59 Å². The van der Waals surface area contributed by atoms with Crippen molar-refractivity contribution < 1.29 is 19.2 Å². The van der Waals surface area contributed by atoms with Gasteiger partial charge in [-0.15, -0.1) is 0 Å². The first-order valence-corrected chi connectivity index (χ1v) is 10.6. The van der Waals surface area contributed by atoms with Gasteiger partial charge in [-0.1, -0.05) is 48.0 Å². The predicted molar refractivity (Wildman–Crippen MR) is 121 cm³/mol. The minimum atomic E-state index is -0.889. The number of carbonyl (C=O) groups is 2. The van der Waals surface area contributed by atoms with Crippen molar-refractivity contribution in [3.63, 3.8) is 0 Å². The SMILES string of the molecule is COc1cccc(N2C(=O)[C@H]3[C@@H](c4ccc(C)cc4C)N(c4ccccc4)O[C@H]3C2=O)c1. The first-order valence-electron chi connectivity index (χ1n) is 10.6. The maximum Gasteiger partial charge on any atom is 0.266 e. The van der Waals surface area contributed by atoms with E-state index in [4.69, 9.17) is 9.57 Å². The van der Waals surface area contributed by atoms with Gasteiger partial charge in [0.15, 0.2) is 6.10 Å². The molecule has 0 aliphatic carbocycles. The van der Waals surface area contributed by atoms with Gasteiger partial charge in [-0.25, -0.2) is 9.96 Å². The maximum atomic E-state index is 13.7. The van der Waals surface area contributed by atoms with Crippen LogP contribution in [0.4, 0.5) is 11.4 Å². The molecule has 2 amide bonds. The number of amides is 2. The Morgan fingerprint density at radius 2 is 1.59 bits per heavy atom. The molecule has 5 rings (SSSR count). The number of hydrogen-bond donors (Lipinski definition) is 0. The summed E-state index contributed by atoms with van der Waals surface area (Å²) in [6, 6.07) is 22.3. The van der Waals surface area contributed by atoms with E-state index in [1.807, 2.05) is 56.3 Å². The normalized spacial score (nSPS) is 22.4. The molecule has 0 radical (unpaired) electrons. The van der Waals surface area contributed by atoms with Crippen molar-refractivity contribution in [3.8, 4) is 5.75 Å². The van der Waals surface area contributed by atoms with Gasteiger partial charge in [0.1, 0.15) is 11.7 Å². The number of carbonyl (C=O) groups excluding carboxylic acids is 2. The first kappa shape index (κ1) is 20.3. The molecule has 162 valence electrons. The Bertz CT molecular complexity index is 1190. The number of anilines is 2. The molecule has 32 heavy (non-hydrogen) atoms. The van der Waals surface area contributed by atoms with Crippen LogP contribution in [0, 0.1) is 19.8 Å². The van der Waals surface area contributed by atoms with Gasteiger partial charge >= 0.3 is 0 Å². The fraction of sp³-hybridized carbons (Fsp3) is 0.231. The zero-order valence-corrected chi connectivity index (χ0v) is 18.2. The van der Waals surface area contributed by atoms with Crippen molar-refractivity contribution in [2.75, 3.05) is 17.1 Å². The molecule has 0 spiro atoms. The lowest BCUT2D eigenvalue weighted by molar-refractivity contribution is -0.126. The van der Waals surface area contributed by atoms with Gasteiger partial charge in [0.2, 0.25) is 5.91 Å². The van der Waals surface area contributed by atoms with Gasteiger partial charge in [0, 0.05) is 6.07 Å². The first-order chi connectivity index (χ1) is 15.5. The molecule has 0 bridgehead atoms. The van der Waals surface area contributed by atoms with Crippen LogP contribution in [0.1, 0.15) is 22.7 Å². The quantitative estimate of drug-likeness (QED) is 0.578. The minimum absolute atomic E-state index is 0.267. The van der Waals surface area contributed by atoms with E-state index < -0.39 is 18.1 Å². The number of imide groups is 1. The highest BCUT2D eigenvalue weighted by atomic mass is 16.7. The van der Waals surface area contributed by atoms with Crippen LogP contribution in [0.25, 0.3) is 0 Å². The van der Waals surface area contributed by atoms with E-state index >= 15 is 0 Å². The lowest BCUT2D eigenvalue weighted by atomic mass is 9.87. The Hall–Kier alpha value is -3.64. The van der Waals surface area contributed by atoms with Crippen molar-refractivity contribution >= 4 is 23.2 Å². The van der Waals surface area contributed by atoms with Crippen molar-refractivity contribution in [2.24, 2.45) is 5.92 Å². The summed E-state index contributed by atoms with van der Waals surface area (Å²) in [6.07, 6.45) is -0.889. The van der Waals surface area contributed by atoms with E-state index in [0.717, 1.165) is 22.4 Å². The van der Waals surface area contributed by atoms with Crippen LogP contribution in [0.2, 0.25) is 0 Å². The van der Waals surface area contributed by atoms with Crippen LogP contribution in [0.5, 0.6) is 5.75 Å². The standard InChI is InChI=1S/C26H24N2O4/c1-16-12-13-21(17(2)14-16)23-22-24(32-28(23)18-8-5-4-6-9-18)26(30)27(25(22)29)19-10-7-11-20(15-19)31-3/h4-15,22-24H,1-3H3/t22-,23+,24+/m0/s1. The molecule has 3 aromatic carbocycles. The van der Waals surface area contributed by atoms with Gasteiger partial charge in [0.05, 0.1) is 24.5 Å². The number of rotatable bonds is 4. The highest BCUT2D eigenvalue weighted by molar-refractivity contribution is 6.24. The molecule has 2 fully saturated rings. The highest BCUT2D eigenvalue weighted by Gasteiger charge is 2.60. The zero-order valence-electron chi connectivity index (χ0n) is 18.2. The van der Waals surface area contributed by atoms with Crippen LogP contribution in [-0.4, -0.2) is 25.0 Å². The summed E-state index contributed by atoms with van der Waals surface area (Å²) < 4.78 is 5.28. The second kappa shape index (κ2) is 7.80. The Labute approximate surface area is 186 Å². The third-order valence-electron chi connectivity index (χ3n) is 6.18. The Balaban J connectivity index is 1.60. The zero-order chi connectivity index (χ0) is 22.4. The minimum Gasteiger partial charge on any atom is -0.497 e. The molecule has 0 saturated carbocycles. The second-order valence-corrected chi connectivity index (χ2v) is 8.23. The summed E-state index contributed by atoms with van der Waals surface area (Å²) in [4.78, 5) is 34.5. The summed E-state index contributed by atoms with van der Waals surface area (Å²) in [6.45, 7) is 4.06. The molecule has 0 aromatic heterocycles. The maximum absolute atomic E-state index is 13.7. The third-order valence-corrected chi connectivity index (χ3v) is 6.18. The second-order valence-electron chi connectivity index (χ2n) is 8.23. The van der Waals surface area contributed by atoms with Crippen molar-refractivity contribution in [1.82, 2.24) is 0 Å². The third kappa shape index (κ3) is 3.15. The van der Waals surface area contributed by atoms with Crippen molar-refractivity contribution in [2.45, 2.75) is 26.0 Å². The van der Waals surface area contributed by atoms with Crippen LogP contribution in [0.3, 0.4) is 0 Å². The number of fused-ring (bicyclic) bond motifs is 1. The molecule has 6 heteroatoms. The highest BCUT2D eigenvalue weighted by Crippen LogP contribution is 2.48. The number of methoxy groups -OCH3 is 1. The summed E-state index contributed by atoms with van der Waals surface area (Å²) in [5.74, 6) is -0.702. The topological polar surface area (TPSA) is 59.1 Å². The van der Waals surface area contributed by atoms with Gasteiger partial charge in [0.25, 0.3) is 5.91 Å². The molecule has 0 unspecified atom stereocenters. The van der Waals surface area contributed by atoms with E-state index in [-0.39, 0.29) is 11.8 Å². The molecule has 3 aromatic rings. The van der Waals surface area contributed by atoms with Crippen molar-refractivity contribution in [1.29, 1.82) is 0 Å². The van der Waals surface area contributed by atoms with Crippen molar-refractivity contribution in [3.05, 3.63) is 89.5 Å². The molecule has 2 aliphatic heterocycles. The molecular weight excluding hydrogens is 404 g/mol.